The minimum atomic E-state index is -0.168. The van der Waals surface area contributed by atoms with Crippen molar-refractivity contribution < 1.29 is 15.7 Å². The number of aliphatic imine (C=N–C) groups is 1. The number of hydrazine groups is 1. The van der Waals surface area contributed by atoms with Gasteiger partial charge in [-0.3, -0.25) is 25.0 Å². The first-order valence-corrected chi connectivity index (χ1v) is 26.5. The normalized spacial score (nSPS) is 33.6. The summed E-state index contributed by atoms with van der Waals surface area (Å²) in [5.41, 5.74) is 13.0. The highest BCUT2D eigenvalue weighted by Crippen LogP contribution is 2.53. The van der Waals surface area contributed by atoms with Gasteiger partial charge in [-0.15, -0.1) is 22.0 Å². The fourth-order valence-corrected chi connectivity index (χ4v) is 14.0. The standard InChI is InChI=1S/C50H67N11O3S.C2H6.H2/c1-5-7-35-23-39(12-9-36(35)27-51)64-38-13-10-37(11-14-38)54-48(62)41-16-17-43(58-57-41)60-20-6-18-50(29-60)25-34(26-50)22-33-8-15-40(53-28-33)46-45-30(2)31(3)65-49(45)61-32(4)56-59-47(61)42(55-46)24-44-52-19-21-63-44;1-2;/h8-9,12,15-17,23,28,30-32,34,37-38,42,44-45,47,49,52,56,59H,5-7,10-11,13-14,18-22,24-26,29H2,1-4H3,(H,54,62);1-2H3;1H. The van der Waals surface area contributed by atoms with Crippen LogP contribution < -0.4 is 31.1 Å². The van der Waals surface area contributed by atoms with Gasteiger partial charge in [-0.05, 0) is 136 Å². The van der Waals surface area contributed by atoms with Crippen molar-refractivity contribution in [3.63, 3.8) is 0 Å². The van der Waals surface area contributed by atoms with E-state index in [4.69, 9.17) is 19.5 Å². The van der Waals surface area contributed by atoms with E-state index in [1.807, 2.05) is 44.2 Å². The van der Waals surface area contributed by atoms with Crippen LogP contribution in [0.3, 0.4) is 0 Å². The SMILES string of the molecule is CC.CCCc1cc(OC2CCC(NC(=O)c3ccc(N4CCCC5(CC(Cc6ccc(C7=NC(CC8NCCO8)C8NNC(C)N8C8SC(C)C(C)C78)nc6)C5)C4)nn3)CC2)ccc1C#N.[HH]. The molecule has 5 aliphatic heterocycles. The Hall–Kier alpha value is -4.17. The van der Waals surface area contributed by atoms with Crippen LogP contribution in [-0.2, 0) is 17.6 Å². The zero-order valence-electron chi connectivity index (χ0n) is 40.5. The summed E-state index contributed by atoms with van der Waals surface area (Å²) in [6.07, 6.45) is 14.4. The first-order valence-electron chi connectivity index (χ1n) is 25.6. The topological polar surface area (TPSA) is 165 Å². The molecule has 2 aliphatic carbocycles. The van der Waals surface area contributed by atoms with Gasteiger partial charge in [0, 0.05) is 50.9 Å². The Balaban J connectivity index is 0.00000206. The summed E-state index contributed by atoms with van der Waals surface area (Å²) in [6, 6.07) is 16.6. The molecule has 7 aliphatic rings. The average molecular weight is 934 g/mol. The van der Waals surface area contributed by atoms with Crippen LogP contribution in [0.25, 0.3) is 0 Å². The molecule has 4 saturated heterocycles. The van der Waals surface area contributed by atoms with Gasteiger partial charge >= 0.3 is 0 Å². The Morgan fingerprint density at radius 2 is 1.91 bits per heavy atom. The number of amides is 1. The van der Waals surface area contributed by atoms with Crippen LogP contribution in [0.5, 0.6) is 5.75 Å². The summed E-state index contributed by atoms with van der Waals surface area (Å²) in [5.74, 6) is 2.92. The number of rotatable bonds is 12. The molecule has 1 aromatic carbocycles. The predicted molar refractivity (Wildman–Crippen MR) is 267 cm³/mol. The molecule has 0 bridgehead atoms. The average Bonchev–Trinajstić information content (AvgIpc) is 4.05. The van der Waals surface area contributed by atoms with Crippen molar-refractivity contribution in [1.29, 1.82) is 5.26 Å². The molecular weight excluding hydrogens is 859 g/mol. The maximum absolute atomic E-state index is 13.3. The lowest BCUT2D eigenvalue weighted by molar-refractivity contribution is 0.0383. The van der Waals surface area contributed by atoms with E-state index >= 15 is 0 Å². The molecule has 14 nitrogen and oxygen atoms in total. The minimum absolute atomic E-state index is 0. The van der Waals surface area contributed by atoms with E-state index in [0.717, 1.165) is 118 Å². The largest absolute Gasteiger partial charge is 0.490 e. The van der Waals surface area contributed by atoms with Gasteiger partial charge in [-0.25, -0.2) is 10.9 Å². The summed E-state index contributed by atoms with van der Waals surface area (Å²) in [5, 5.41) is 26.0. The number of thioether (sulfide) groups is 1. The zero-order valence-corrected chi connectivity index (χ0v) is 41.4. The van der Waals surface area contributed by atoms with Crippen LogP contribution in [-0.4, -0.2) is 105 Å². The quantitative estimate of drug-likeness (QED) is 0.140. The van der Waals surface area contributed by atoms with Crippen LogP contribution in [0.1, 0.15) is 140 Å². The number of nitriles is 1. The highest BCUT2D eigenvalue weighted by molar-refractivity contribution is 8.00. The molecule has 6 fully saturated rings. The van der Waals surface area contributed by atoms with Crippen LogP contribution >= 0.6 is 11.8 Å². The number of hydrogen-bond donors (Lipinski definition) is 4. The van der Waals surface area contributed by atoms with Crippen LogP contribution in [0.15, 0.2) is 53.7 Å². The third kappa shape index (κ3) is 10.4. The van der Waals surface area contributed by atoms with Crippen molar-refractivity contribution in [3.8, 4) is 11.8 Å². The summed E-state index contributed by atoms with van der Waals surface area (Å²) in [6.45, 7) is 16.7. The molecule has 3 aromatic rings. The number of benzene rings is 1. The molecule has 1 amide bonds. The van der Waals surface area contributed by atoms with E-state index < -0.39 is 0 Å². The van der Waals surface area contributed by atoms with Gasteiger partial charge in [0.05, 0.1) is 59.5 Å². The third-order valence-corrected chi connectivity index (χ3v) is 17.3. The molecule has 4 N–H and O–H groups in total. The van der Waals surface area contributed by atoms with Crippen LogP contribution in [0.2, 0.25) is 0 Å². The number of aryl methyl sites for hydroxylation is 1. The van der Waals surface area contributed by atoms with Crippen molar-refractivity contribution in [2.75, 3.05) is 31.1 Å². The first-order chi connectivity index (χ1) is 32.7. The van der Waals surface area contributed by atoms with E-state index in [9.17, 15) is 10.1 Å². The van der Waals surface area contributed by atoms with Crippen LogP contribution in [0.4, 0.5) is 5.82 Å². The first kappa shape index (κ1) is 47.9. The number of fused-ring (bicyclic) bond motifs is 3. The van der Waals surface area contributed by atoms with Gasteiger partial charge in [0.15, 0.2) is 11.5 Å². The number of ether oxygens (including phenoxy) is 2. The molecule has 1 spiro atoms. The Morgan fingerprint density at radius 3 is 2.63 bits per heavy atom. The molecule has 7 heterocycles. The second-order valence-corrected chi connectivity index (χ2v) is 21.7. The number of aromatic nitrogens is 3. The number of nitrogens with zero attached hydrogens (tertiary/aromatic N) is 7. The summed E-state index contributed by atoms with van der Waals surface area (Å²) >= 11 is 2.09. The maximum atomic E-state index is 13.3. The molecule has 8 atom stereocenters. The second kappa shape index (κ2) is 21.2. The number of carbonyl (C=O) groups excluding carboxylic acids is 1. The molecule has 67 heavy (non-hydrogen) atoms. The molecule has 0 radical (unpaired) electrons. The van der Waals surface area contributed by atoms with E-state index in [0.29, 0.717) is 39.5 Å². The maximum Gasteiger partial charge on any atom is 0.272 e. The van der Waals surface area contributed by atoms with Gasteiger partial charge in [0.1, 0.15) is 12.0 Å². The smallest absolute Gasteiger partial charge is 0.272 e. The molecule has 2 saturated carbocycles. The second-order valence-electron chi connectivity index (χ2n) is 20.2. The number of nitrogens with one attached hydrogen (secondary N) is 4. The number of piperidine rings is 1. The van der Waals surface area contributed by atoms with Crippen molar-refractivity contribution in [2.24, 2.45) is 28.2 Å². The lowest BCUT2D eigenvalue weighted by atomic mass is 9.57. The van der Waals surface area contributed by atoms with E-state index in [2.05, 4.69) is 105 Å². The molecule has 15 heteroatoms. The molecule has 2 aromatic heterocycles. The highest BCUT2D eigenvalue weighted by Gasteiger charge is 2.54. The Labute approximate surface area is 404 Å². The van der Waals surface area contributed by atoms with Gasteiger partial charge in [-0.2, -0.15) is 5.26 Å². The van der Waals surface area contributed by atoms with E-state index in [-0.39, 0.29) is 44.1 Å². The molecule has 8 unspecified atom stereocenters. The number of anilines is 1. The minimum Gasteiger partial charge on any atom is -0.490 e. The van der Waals surface area contributed by atoms with E-state index in [1.54, 1.807) is 0 Å². The summed E-state index contributed by atoms with van der Waals surface area (Å²) in [7, 11) is 0. The van der Waals surface area contributed by atoms with Crippen LogP contribution in [0, 0.1) is 34.5 Å². The molecule has 362 valence electrons. The van der Waals surface area contributed by atoms with Gasteiger partial charge in [-0.1, -0.05) is 47.1 Å². The van der Waals surface area contributed by atoms with Crippen molar-refractivity contribution in [1.82, 2.24) is 41.6 Å². The Morgan fingerprint density at radius 1 is 1.07 bits per heavy atom. The number of carbonyl (C=O) groups is 1. The fraction of sp³-hybridized carbons (Fsp3) is 0.654. The van der Waals surface area contributed by atoms with E-state index in [1.165, 1.54) is 24.8 Å². The lowest BCUT2D eigenvalue weighted by Gasteiger charge is -2.53. The zero-order chi connectivity index (χ0) is 46.7. The third-order valence-electron chi connectivity index (χ3n) is 15.7. The highest BCUT2D eigenvalue weighted by atomic mass is 32.2. The number of hydrogen-bond acceptors (Lipinski definition) is 14. The Bertz CT molecular complexity index is 2230. The summed E-state index contributed by atoms with van der Waals surface area (Å²) < 4.78 is 12.4. The number of pyridine rings is 1. The van der Waals surface area contributed by atoms with Crippen molar-refractivity contribution in [3.05, 3.63) is 76.7 Å². The molecular formula is C52H75N11O3S. The van der Waals surface area contributed by atoms with Gasteiger partial charge < -0.3 is 19.7 Å². The molecule has 10 rings (SSSR count). The Kier molecular flexibility index (Phi) is 15.2. The lowest BCUT2D eigenvalue weighted by Crippen LogP contribution is -2.51. The van der Waals surface area contributed by atoms with Crippen molar-refractivity contribution >= 4 is 29.2 Å². The predicted octanol–water partition coefficient (Wildman–Crippen LogP) is 7.63. The van der Waals surface area contributed by atoms with Crippen molar-refractivity contribution in [2.45, 2.75) is 166 Å². The summed E-state index contributed by atoms with van der Waals surface area (Å²) in [4.78, 5) is 29.1. The van der Waals surface area contributed by atoms with Gasteiger partial charge in [0.25, 0.3) is 5.91 Å². The monoisotopic (exact) mass is 934 g/mol. The fourth-order valence-electron chi connectivity index (χ4n) is 12.2. The van der Waals surface area contributed by atoms with Gasteiger partial charge in [0.2, 0.25) is 0 Å².